The fourth-order valence-corrected chi connectivity index (χ4v) is 5.42. The summed E-state index contributed by atoms with van der Waals surface area (Å²) in [5.74, 6) is 0.940. The number of anilines is 2. The van der Waals surface area contributed by atoms with Gasteiger partial charge in [-0.3, -0.25) is 14.5 Å². The van der Waals surface area contributed by atoms with E-state index in [0.29, 0.717) is 29.1 Å². The highest BCUT2D eigenvalue weighted by Gasteiger charge is 2.40. The Bertz CT molecular complexity index is 884. The van der Waals surface area contributed by atoms with Gasteiger partial charge in [0.05, 0.1) is 11.4 Å². The summed E-state index contributed by atoms with van der Waals surface area (Å²) in [5, 5.41) is 2.09. The first-order valence-corrected chi connectivity index (χ1v) is 10.5. The third kappa shape index (κ3) is 3.94. The van der Waals surface area contributed by atoms with Gasteiger partial charge in [-0.2, -0.15) is 0 Å². The van der Waals surface area contributed by atoms with Crippen LogP contribution in [0.3, 0.4) is 0 Å². The number of ether oxygens (including phenoxy) is 1. The van der Waals surface area contributed by atoms with Crippen LogP contribution in [0.15, 0.2) is 29.6 Å². The van der Waals surface area contributed by atoms with Crippen molar-refractivity contribution in [2.75, 3.05) is 4.90 Å². The lowest BCUT2D eigenvalue weighted by Gasteiger charge is -2.20. The van der Waals surface area contributed by atoms with Crippen molar-refractivity contribution in [2.24, 2.45) is 17.8 Å². The van der Waals surface area contributed by atoms with Crippen molar-refractivity contribution in [3.05, 3.63) is 41.2 Å². The lowest BCUT2D eigenvalue weighted by Crippen LogP contribution is -2.23. The van der Waals surface area contributed by atoms with Crippen molar-refractivity contribution in [3.8, 4) is 0 Å². The van der Waals surface area contributed by atoms with Gasteiger partial charge >= 0.3 is 5.97 Å². The molecule has 0 radical (unpaired) electrons. The van der Waals surface area contributed by atoms with E-state index in [-0.39, 0.29) is 24.2 Å². The number of para-hydroxylation sites is 1. The second-order valence-electron chi connectivity index (χ2n) is 7.73. The number of rotatable bonds is 6. The third-order valence-electron chi connectivity index (χ3n) is 5.83. The highest BCUT2D eigenvalue weighted by atomic mass is 32.1. The number of hydrogen-bond donors (Lipinski definition) is 0. The van der Waals surface area contributed by atoms with Gasteiger partial charge < -0.3 is 4.74 Å². The number of fused-ring (bicyclic) bond motifs is 2. The molecule has 2 aromatic rings. The minimum Gasteiger partial charge on any atom is -0.459 e. The molecular weight excluding hydrogens is 379 g/mol. The number of hydrogen-bond acceptors (Lipinski definition) is 5. The standard InChI is InChI=1S/C21H23FN2O3S/c1-13(25)24(19-5-3-2-4-18(19)22)21-23-17(12-28-21)11-27-20(26)10-16-9-14-6-7-15(16)8-14/h2-5,12,14-16H,6-11H2,1H3/t14-,15+,16-/m0/s1. The summed E-state index contributed by atoms with van der Waals surface area (Å²) in [5.41, 5.74) is 0.716. The summed E-state index contributed by atoms with van der Waals surface area (Å²) < 4.78 is 19.5. The molecule has 0 N–H and O–H groups in total. The number of aromatic nitrogens is 1. The zero-order chi connectivity index (χ0) is 19.7. The van der Waals surface area contributed by atoms with Crippen LogP contribution in [-0.4, -0.2) is 16.9 Å². The smallest absolute Gasteiger partial charge is 0.306 e. The number of amides is 1. The molecule has 2 aliphatic carbocycles. The minimum absolute atomic E-state index is 0.0686. The molecule has 4 rings (SSSR count). The first kappa shape index (κ1) is 19.1. The van der Waals surface area contributed by atoms with E-state index in [1.54, 1.807) is 17.5 Å². The summed E-state index contributed by atoms with van der Waals surface area (Å²) in [6, 6.07) is 6.07. The van der Waals surface area contributed by atoms with Crippen LogP contribution in [0.2, 0.25) is 0 Å². The summed E-state index contributed by atoms with van der Waals surface area (Å²) >= 11 is 1.22. The van der Waals surface area contributed by atoms with Gasteiger partial charge in [-0.15, -0.1) is 11.3 Å². The van der Waals surface area contributed by atoms with Gasteiger partial charge in [0, 0.05) is 18.7 Å². The molecule has 2 aliphatic rings. The van der Waals surface area contributed by atoms with Crippen LogP contribution in [-0.2, 0) is 20.9 Å². The summed E-state index contributed by atoms with van der Waals surface area (Å²) in [4.78, 5) is 29.9. The molecule has 1 aromatic carbocycles. The molecule has 3 atom stereocenters. The molecule has 1 aromatic heterocycles. The number of benzene rings is 1. The lowest BCUT2D eigenvalue weighted by molar-refractivity contribution is -0.146. The molecule has 2 bridgehead atoms. The molecule has 28 heavy (non-hydrogen) atoms. The number of esters is 1. The average molecular weight is 402 g/mol. The molecule has 1 amide bonds. The molecule has 0 unspecified atom stereocenters. The monoisotopic (exact) mass is 402 g/mol. The Morgan fingerprint density at radius 3 is 2.79 bits per heavy atom. The van der Waals surface area contributed by atoms with E-state index in [2.05, 4.69) is 4.98 Å². The highest BCUT2D eigenvalue weighted by molar-refractivity contribution is 7.14. The van der Waals surface area contributed by atoms with E-state index in [9.17, 15) is 14.0 Å². The van der Waals surface area contributed by atoms with Gasteiger partial charge in [0.1, 0.15) is 12.4 Å². The zero-order valence-corrected chi connectivity index (χ0v) is 16.6. The molecule has 0 aliphatic heterocycles. The average Bonchev–Trinajstić information content (AvgIpc) is 3.39. The molecule has 7 heteroatoms. The summed E-state index contributed by atoms with van der Waals surface area (Å²) in [6.07, 6.45) is 5.45. The van der Waals surface area contributed by atoms with Crippen molar-refractivity contribution >= 4 is 34.0 Å². The molecule has 0 spiro atoms. The lowest BCUT2D eigenvalue weighted by atomic mass is 9.86. The van der Waals surface area contributed by atoms with Crippen LogP contribution < -0.4 is 4.90 Å². The normalized spacial score (nSPS) is 23.0. The number of thiazole rings is 1. The quantitative estimate of drug-likeness (QED) is 0.649. The largest absolute Gasteiger partial charge is 0.459 e. The number of nitrogens with zero attached hydrogens (tertiary/aromatic N) is 2. The summed E-state index contributed by atoms with van der Waals surface area (Å²) in [7, 11) is 0. The molecule has 2 fully saturated rings. The third-order valence-corrected chi connectivity index (χ3v) is 6.71. The fourth-order valence-electron chi connectivity index (χ4n) is 4.56. The van der Waals surface area contributed by atoms with Crippen LogP contribution in [0, 0.1) is 23.6 Å². The number of halogens is 1. The first-order chi connectivity index (χ1) is 13.5. The molecular formula is C21H23FN2O3S. The van der Waals surface area contributed by atoms with E-state index in [4.69, 9.17) is 4.74 Å². The number of carbonyl (C=O) groups excluding carboxylic acids is 2. The Morgan fingerprint density at radius 1 is 1.29 bits per heavy atom. The second kappa shape index (κ2) is 7.99. The van der Waals surface area contributed by atoms with E-state index in [0.717, 1.165) is 12.3 Å². The maximum absolute atomic E-state index is 14.1. The van der Waals surface area contributed by atoms with Gasteiger partial charge in [-0.1, -0.05) is 18.6 Å². The Balaban J connectivity index is 1.37. The Kier molecular flexibility index (Phi) is 5.44. The molecule has 5 nitrogen and oxygen atoms in total. The van der Waals surface area contributed by atoms with Gasteiger partial charge in [0.2, 0.25) is 5.91 Å². The van der Waals surface area contributed by atoms with Crippen LogP contribution in [0.1, 0.15) is 44.7 Å². The van der Waals surface area contributed by atoms with E-state index in [1.807, 2.05) is 0 Å². The van der Waals surface area contributed by atoms with E-state index < -0.39 is 5.82 Å². The van der Waals surface area contributed by atoms with E-state index in [1.165, 1.54) is 54.6 Å². The summed E-state index contributed by atoms with van der Waals surface area (Å²) in [6.45, 7) is 1.43. The molecule has 0 saturated heterocycles. The predicted molar refractivity (Wildman–Crippen MR) is 105 cm³/mol. The molecule has 2 saturated carbocycles. The van der Waals surface area contributed by atoms with Gasteiger partial charge in [-0.05, 0) is 49.1 Å². The van der Waals surface area contributed by atoms with Gasteiger partial charge in [0.15, 0.2) is 5.13 Å². The van der Waals surface area contributed by atoms with Crippen molar-refractivity contribution in [1.29, 1.82) is 0 Å². The number of carbonyl (C=O) groups is 2. The highest BCUT2D eigenvalue weighted by Crippen LogP contribution is 2.49. The first-order valence-electron chi connectivity index (χ1n) is 9.66. The predicted octanol–water partition coefficient (Wildman–Crippen LogP) is 4.84. The van der Waals surface area contributed by atoms with Crippen molar-refractivity contribution in [3.63, 3.8) is 0 Å². The minimum atomic E-state index is -0.494. The van der Waals surface area contributed by atoms with Gasteiger partial charge in [0.25, 0.3) is 0 Å². The maximum atomic E-state index is 14.1. The zero-order valence-electron chi connectivity index (χ0n) is 15.8. The van der Waals surface area contributed by atoms with Crippen LogP contribution >= 0.6 is 11.3 Å². The topological polar surface area (TPSA) is 59.5 Å². The molecule has 148 valence electrons. The van der Waals surface area contributed by atoms with Crippen molar-refractivity contribution < 1.29 is 18.7 Å². The Labute approximate surface area is 167 Å². The maximum Gasteiger partial charge on any atom is 0.306 e. The van der Waals surface area contributed by atoms with Crippen LogP contribution in [0.4, 0.5) is 15.2 Å². The van der Waals surface area contributed by atoms with Crippen LogP contribution in [0.5, 0.6) is 0 Å². The van der Waals surface area contributed by atoms with Crippen molar-refractivity contribution in [1.82, 2.24) is 4.98 Å². The van der Waals surface area contributed by atoms with Crippen molar-refractivity contribution in [2.45, 2.75) is 45.6 Å². The molecule has 1 heterocycles. The fraction of sp³-hybridized carbons (Fsp3) is 0.476. The van der Waals surface area contributed by atoms with Gasteiger partial charge in [-0.25, -0.2) is 9.37 Å². The second-order valence-corrected chi connectivity index (χ2v) is 8.56. The Hall–Kier alpha value is -2.28. The van der Waals surface area contributed by atoms with E-state index >= 15 is 0 Å². The van der Waals surface area contributed by atoms with Crippen LogP contribution in [0.25, 0.3) is 0 Å². The SMILES string of the molecule is CC(=O)N(c1nc(COC(=O)C[C@@H]2C[C@H]3CC[C@@H]2C3)cs1)c1ccccc1F. The Morgan fingerprint density at radius 2 is 2.11 bits per heavy atom.